The van der Waals surface area contributed by atoms with E-state index in [9.17, 15) is 28.0 Å². The van der Waals surface area contributed by atoms with Crippen LogP contribution in [-0.4, -0.2) is 33.0 Å². The predicted molar refractivity (Wildman–Crippen MR) is 146 cm³/mol. The Morgan fingerprint density at radius 1 is 1.10 bits per heavy atom. The van der Waals surface area contributed by atoms with E-state index in [0.717, 1.165) is 6.42 Å². The van der Waals surface area contributed by atoms with Crippen molar-refractivity contribution < 1.29 is 17.9 Å². The summed E-state index contributed by atoms with van der Waals surface area (Å²) < 4.78 is 42.7. The summed E-state index contributed by atoms with van der Waals surface area (Å²) in [5.74, 6) is -1.14. The number of unbranched alkanes of at least 4 members (excludes halogenated alkanes) is 1. The lowest BCUT2D eigenvalue weighted by Crippen LogP contribution is -2.28. The highest BCUT2D eigenvalue weighted by Gasteiger charge is 2.32. The van der Waals surface area contributed by atoms with Gasteiger partial charge in [0.05, 0.1) is 16.6 Å². The third-order valence-electron chi connectivity index (χ3n) is 6.70. The van der Waals surface area contributed by atoms with Gasteiger partial charge in [-0.25, -0.2) is 18.4 Å². The molecule has 1 unspecified atom stereocenters. The molecule has 3 aromatic heterocycles. The van der Waals surface area contributed by atoms with Crippen LogP contribution < -0.4 is 5.56 Å². The van der Waals surface area contributed by atoms with Crippen molar-refractivity contribution in [3.8, 4) is 23.1 Å². The van der Waals surface area contributed by atoms with Gasteiger partial charge in [-0.15, -0.1) is 0 Å². The van der Waals surface area contributed by atoms with E-state index < -0.39 is 38.2 Å². The fourth-order valence-electron chi connectivity index (χ4n) is 4.60. The van der Waals surface area contributed by atoms with E-state index in [1.165, 1.54) is 35.0 Å². The summed E-state index contributed by atoms with van der Waals surface area (Å²) >= 11 is 0. The van der Waals surface area contributed by atoms with Crippen LogP contribution in [-0.2, 0) is 16.3 Å². The minimum absolute atomic E-state index is 0.164. The van der Waals surface area contributed by atoms with Gasteiger partial charge in [0.25, 0.3) is 5.56 Å². The Morgan fingerprint density at radius 2 is 1.82 bits per heavy atom. The summed E-state index contributed by atoms with van der Waals surface area (Å²) in [6.07, 6.45) is 3.44. The molecule has 1 N–H and O–H groups in total. The molecule has 3 heterocycles. The highest BCUT2D eigenvalue weighted by Crippen LogP contribution is 2.34. The van der Waals surface area contributed by atoms with E-state index in [0.29, 0.717) is 41.6 Å². The van der Waals surface area contributed by atoms with Gasteiger partial charge in [-0.3, -0.25) is 9.36 Å². The molecule has 0 aliphatic carbocycles. The van der Waals surface area contributed by atoms with Crippen molar-refractivity contribution in [2.45, 2.75) is 62.3 Å². The normalized spacial score (nSPS) is 12.2. The van der Waals surface area contributed by atoms with Gasteiger partial charge < -0.3 is 5.11 Å². The zero-order valence-corrected chi connectivity index (χ0v) is 23.1. The van der Waals surface area contributed by atoms with E-state index in [-0.39, 0.29) is 16.4 Å². The Kier molecular flexibility index (Phi) is 8.40. The quantitative estimate of drug-likeness (QED) is 0.285. The average molecular weight is 562 g/mol. The maximum atomic E-state index is 14.0. The van der Waals surface area contributed by atoms with Crippen molar-refractivity contribution in [3.05, 3.63) is 93.8 Å². The second kappa shape index (κ2) is 11.8. The lowest BCUT2D eigenvalue weighted by atomic mass is 10.0. The first kappa shape index (κ1) is 28.6. The molecule has 206 valence electrons. The van der Waals surface area contributed by atoms with Crippen LogP contribution in [0, 0.1) is 24.2 Å². The van der Waals surface area contributed by atoms with Gasteiger partial charge in [0.15, 0.2) is 4.90 Å². The molecule has 0 radical (unpaired) electrons. The van der Waals surface area contributed by atoms with Gasteiger partial charge in [0.2, 0.25) is 21.7 Å². The lowest BCUT2D eigenvalue weighted by molar-refractivity contribution is 0.355. The molecule has 11 heteroatoms. The molecule has 0 spiro atoms. The van der Waals surface area contributed by atoms with Crippen LogP contribution in [0.15, 0.2) is 69.3 Å². The van der Waals surface area contributed by atoms with Crippen LogP contribution in [0.25, 0.3) is 11.1 Å². The summed E-state index contributed by atoms with van der Waals surface area (Å²) in [5, 5.41) is 20.8. The van der Waals surface area contributed by atoms with Gasteiger partial charge in [-0.2, -0.15) is 14.6 Å². The maximum absolute atomic E-state index is 14.0. The SMILES string of the molecule is CCCCc1nc(=O)c(S(=O)(=O)c2ccc(-c3ccnc(F)c3C)cc2)c(O)n1C(CC)c1cccc(C#N)n1. The molecule has 0 saturated carbocycles. The lowest BCUT2D eigenvalue weighted by Gasteiger charge is -2.24. The molecular formula is C29H28FN5O4S. The molecular weight excluding hydrogens is 533 g/mol. The van der Waals surface area contributed by atoms with Crippen molar-refractivity contribution in [1.82, 2.24) is 19.5 Å². The highest BCUT2D eigenvalue weighted by atomic mass is 32.2. The first-order valence-corrected chi connectivity index (χ1v) is 14.3. The third kappa shape index (κ3) is 5.35. The number of halogens is 1. The number of nitriles is 1. The second-order valence-corrected chi connectivity index (χ2v) is 11.1. The van der Waals surface area contributed by atoms with Gasteiger partial charge >= 0.3 is 0 Å². The number of aromatic nitrogens is 4. The van der Waals surface area contributed by atoms with Gasteiger partial charge in [0, 0.05) is 18.2 Å². The van der Waals surface area contributed by atoms with Crippen molar-refractivity contribution in [2.75, 3.05) is 0 Å². The third-order valence-corrected chi connectivity index (χ3v) is 8.49. The van der Waals surface area contributed by atoms with Gasteiger partial charge in [-0.05, 0) is 61.2 Å². The molecule has 0 amide bonds. The van der Waals surface area contributed by atoms with Gasteiger partial charge in [0.1, 0.15) is 17.6 Å². The number of aromatic hydroxyl groups is 1. The van der Waals surface area contributed by atoms with Crippen LogP contribution in [0.3, 0.4) is 0 Å². The number of aryl methyl sites for hydroxylation is 1. The predicted octanol–water partition coefficient (Wildman–Crippen LogP) is 4.90. The molecule has 9 nitrogen and oxygen atoms in total. The summed E-state index contributed by atoms with van der Waals surface area (Å²) in [5.41, 5.74) is 0.933. The number of hydrogen-bond donors (Lipinski definition) is 1. The molecule has 1 atom stereocenters. The van der Waals surface area contributed by atoms with Crippen LogP contribution in [0.4, 0.5) is 4.39 Å². The van der Waals surface area contributed by atoms with Crippen molar-refractivity contribution >= 4 is 9.84 Å². The summed E-state index contributed by atoms with van der Waals surface area (Å²) in [4.78, 5) is 24.1. The highest BCUT2D eigenvalue weighted by molar-refractivity contribution is 7.91. The van der Waals surface area contributed by atoms with Crippen molar-refractivity contribution in [3.63, 3.8) is 0 Å². The Balaban J connectivity index is 1.88. The molecule has 40 heavy (non-hydrogen) atoms. The van der Waals surface area contributed by atoms with E-state index in [4.69, 9.17) is 0 Å². The molecule has 4 rings (SSSR count). The molecule has 0 fully saturated rings. The van der Waals surface area contributed by atoms with Crippen LogP contribution in [0.2, 0.25) is 0 Å². The van der Waals surface area contributed by atoms with Crippen LogP contribution >= 0.6 is 0 Å². The van der Waals surface area contributed by atoms with Crippen molar-refractivity contribution in [1.29, 1.82) is 5.26 Å². The van der Waals surface area contributed by atoms with Crippen molar-refractivity contribution in [2.24, 2.45) is 0 Å². The summed E-state index contributed by atoms with van der Waals surface area (Å²) in [6.45, 7) is 5.35. The maximum Gasteiger partial charge on any atom is 0.296 e. The molecule has 4 aromatic rings. The minimum atomic E-state index is -4.52. The Hall–Kier alpha value is -4.43. The topological polar surface area (TPSA) is 139 Å². The van der Waals surface area contributed by atoms with E-state index >= 15 is 0 Å². The number of benzene rings is 1. The van der Waals surface area contributed by atoms with E-state index in [1.54, 1.807) is 31.2 Å². The second-order valence-electron chi connectivity index (χ2n) is 9.25. The first-order chi connectivity index (χ1) is 19.1. The van der Waals surface area contributed by atoms with Crippen LogP contribution in [0.1, 0.15) is 61.9 Å². The molecule has 0 saturated heterocycles. The van der Waals surface area contributed by atoms with E-state index in [2.05, 4.69) is 15.0 Å². The monoisotopic (exact) mass is 561 g/mol. The fraction of sp³-hybridized carbons (Fsp3) is 0.276. The molecule has 1 aromatic carbocycles. The number of rotatable bonds is 9. The zero-order valence-electron chi connectivity index (χ0n) is 22.3. The zero-order chi connectivity index (χ0) is 29.0. The number of sulfone groups is 1. The fourth-order valence-corrected chi connectivity index (χ4v) is 5.95. The summed E-state index contributed by atoms with van der Waals surface area (Å²) in [6, 6.07) is 13.4. The largest absolute Gasteiger partial charge is 0.493 e. The summed E-state index contributed by atoms with van der Waals surface area (Å²) in [7, 11) is -4.52. The number of hydrogen-bond acceptors (Lipinski definition) is 8. The molecule has 0 bridgehead atoms. The molecule has 0 aliphatic rings. The number of pyridine rings is 2. The first-order valence-electron chi connectivity index (χ1n) is 12.8. The Bertz CT molecular complexity index is 1760. The Labute approximate surface area is 231 Å². The standard InChI is InChI=1S/C29H28FN5O4S/c1-4-6-10-25-34-28(36)26(29(37)35(25)24(5-2)23-9-7-8-20(17-31)33-23)40(38,39)21-13-11-19(12-14-21)22-15-16-32-27(30)18(22)3/h7-9,11-16,24,37H,4-6,10H2,1-3H3. The molecule has 0 aliphatic heterocycles. The van der Waals surface area contributed by atoms with Crippen LogP contribution in [0.5, 0.6) is 5.88 Å². The number of nitrogens with zero attached hydrogens (tertiary/aromatic N) is 5. The minimum Gasteiger partial charge on any atom is -0.493 e. The van der Waals surface area contributed by atoms with E-state index in [1.807, 2.05) is 19.9 Å². The smallest absolute Gasteiger partial charge is 0.296 e. The Morgan fingerprint density at radius 3 is 2.48 bits per heavy atom. The average Bonchev–Trinajstić information content (AvgIpc) is 2.95. The van der Waals surface area contributed by atoms with Gasteiger partial charge in [-0.1, -0.05) is 38.5 Å².